The average Bonchev–Trinajstić information content (AvgIpc) is 3.29. The van der Waals surface area contributed by atoms with E-state index in [0.29, 0.717) is 12.3 Å². The monoisotopic (exact) mass is 422 g/mol. The number of hydrogen-bond donors (Lipinski definition) is 2. The van der Waals surface area contributed by atoms with Gasteiger partial charge in [-0.3, -0.25) is 9.89 Å². The lowest BCUT2D eigenvalue weighted by molar-refractivity contribution is 0.0949. The van der Waals surface area contributed by atoms with Gasteiger partial charge in [-0.2, -0.15) is 10.2 Å². The maximum atomic E-state index is 12.7. The molecule has 6 heteroatoms. The third-order valence-corrected chi connectivity index (χ3v) is 5.50. The third kappa shape index (κ3) is 4.16. The van der Waals surface area contributed by atoms with E-state index in [-0.39, 0.29) is 5.91 Å². The molecule has 0 radical (unpaired) electrons. The summed E-state index contributed by atoms with van der Waals surface area (Å²) in [6, 6.07) is 25.7. The number of carbonyl (C=O) groups is 1. The highest BCUT2D eigenvalue weighted by Gasteiger charge is 2.24. The van der Waals surface area contributed by atoms with Crippen molar-refractivity contribution >= 4 is 12.1 Å². The lowest BCUT2D eigenvalue weighted by Crippen LogP contribution is -2.20. The molecule has 0 unspecified atom stereocenters. The number of aromatic nitrogens is 2. The quantitative estimate of drug-likeness (QED) is 0.354. The van der Waals surface area contributed by atoms with Crippen LogP contribution in [0.15, 0.2) is 84.0 Å². The first kappa shape index (κ1) is 19.8. The summed E-state index contributed by atoms with van der Waals surface area (Å²) >= 11 is 0. The summed E-state index contributed by atoms with van der Waals surface area (Å²) < 4.78 is 5.85. The van der Waals surface area contributed by atoms with Crippen LogP contribution in [0.2, 0.25) is 0 Å². The molecule has 6 nitrogen and oxygen atoms in total. The molecule has 32 heavy (non-hydrogen) atoms. The second-order valence-electron chi connectivity index (χ2n) is 7.63. The van der Waals surface area contributed by atoms with Gasteiger partial charge in [0.05, 0.1) is 11.9 Å². The number of aryl methyl sites for hydroxylation is 1. The van der Waals surface area contributed by atoms with Gasteiger partial charge in [-0.25, -0.2) is 5.43 Å². The molecule has 0 aliphatic heterocycles. The number of aromatic amines is 1. The second-order valence-corrected chi connectivity index (χ2v) is 7.63. The highest BCUT2D eigenvalue weighted by molar-refractivity contribution is 5.96. The molecule has 5 rings (SSSR count). The molecule has 1 aromatic heterocycles. The Morgan fingerprint density at radius 3 is 2.78 bits per heavy atom. The number of amides is 1. The lowest BCUT2D eigenvalue weighted by Gasteiger charge is -2.15. The van der Waals surface area contributed by atoms with E-state index in [1.807, 2.05) is 72.8 Å². The Balaban J connectivity index is 1.24. The van der Waals surface area contributed by atoms with Crippen LogP contribution < -0.4 is 10.2 Å². The van der Waals surface area contributed by atoms with Crippen molar-refractivity contribution < 1.29 is 9.53 Å². The van der Waals surface area contributed by atoms with Gasteiger partial charge in [0.1, 0.15) is 18.1 Å². The third-order valence-electron chi connectivity index (χ3n) is 5.50. The smallest absolute Gasteiger partial charge is 0.289 e. The van der Waals surface area contributed by atoms with E-state index >= 15 is 0 Å². The number of fused-ring (bicyclic) bond motifs is 3. The highest BCUT2D eigenvalue weighted by atomic mass is 16.5. The fourth-order valence-electron chi connectivity index (χ4n) is 3.90. The normalized spacial score (nSPS) is 12.2. The molecule has 1 aliphatic rings. The van der Waals surface area contributed by atoms with Gasteiger partial charge in [0.15, 0.2) is 0 Å². The van der Waals surface area contributed by atoms with Gasteiger partial charge >= 0.3 is 0 Å². The summed E-state index contributed by atoms with van der Waals surface area (Å²) in [5.41, 5.74) is 9.13. The van der Waals surface area contributed by atoms with Crippen molar-refractivity contribution in [2.75, 3.05) is 0 Å². The number of nitrogens with one attached hydrogen (secondary N) is 2. The molecule has 0 bridgehead atoms. The Hall–Kier alpha value is -4.19. The van der Waals surface area contributed by atoms with E-state index < -0.39 is 0 Å². The number of rotatable bonds is 6. The first-order valence-corrected chi connectivity index (χ1v) is 10.5. The molecule has 0 spiro atoms. The number of hydrogen-bond acceptors (Lipinski definition) is 4. The van der Waals surface area contributed by atoms with Crippen LogP contribution >= 0.6 is 0 Å². The van der Waals surface area contributed by atoms with Crippen LogP contribution in [0.25, 0.3) is 11.3 Å². The standard InChI is InChI=1S/C26H22N4O2/c31-26(25-23-14-13-20-10-4-5-12-22(20)24(23)28-29-25)30-27-16-19-9-6-11-21(15-19)32-17-18-7-2-1-3-8-18/h1-12,15-16H,13-14,17H2,(H,28,29)(H,30,31). The van der Waals surface area contributed by atoms with E-state index in [1.54, 1.807) is 6.21 Å². The Morgan fingerprint density at radius 1 is 1.03 bits per heavy atom. The number of carbonyl (C=O) groups excluding carboxylic acids is 1. The van der Waals surface area contributed by atoms with Gasteiger partial charge in [0.2, 0.25) is 0 Å². The Bertz CT molecular complexity index is 1280. The van der Waals surface area contributed by atoms with Crippen LogP contribution in [0.5, 0.6) is 5.75 Å². The molecule has 0 saturated heterocycles. The first-order chi connectivity index (χ1) is 15.8. The van der Waals surface area contributed by atoms with E-state index in [4.69, 9.17) is 4.74 Å². The van der Waals surface area contributed by atoms with Gasteiger partial charge in [-0.15, -0.1) is 0 Å². The summed E-state index contributed by atoms with van der Waals surface area (Å²) in [5, 5.41) is 11.4. The zero-order valence-corrected chi connectivity index (χ0v) is 17.4. The highest BCUT2D eigenvalue weighted by Crippen LogP contribution is 2.33. The van der Waals surface area contributed by atoms with E-state index in [1.165, 1.54) is 5.56 Å². The minimum Gasteiger partial charge on any atom is -0.489 e. The van der Waals surface area contributed by atoms with Crippen LogP contribution in [0.3, 0.4) is 0 Å². The van der Waals surface area contributed by atoms with Crippen molar-refractivity contribution in [1.29, 1.82) is 0 Å². The number of ether oxygens (including phenoxy) is 1. The van der Waals surface area contributed by atoms with Gasteiger partial charge in [0, 0.05) is 11.1 Å². The fraction of sp³-hybridized carbons (Fsp3) is 0.115. The van der Waals surface area contributed by atoms with Gasteiger partial charge in [0.25, 0.3) is 5.91 Å². The van der Waals surface area contributed by atoms with Crippen LogP contribution in [0, 0.1) is 0 Å². The van der Waals surface area contributed by atoms with Crippen LogP contribution in [-0.4, -0.2) is 22.3 Å². The Kier molecular flexibility index (Phi) is 5.49. The van der Waals surface area contributed by atoms with Gasteiger partial charge in [-0.05, 0) is 41.7 Å². The van der Waals surface area contributed by atoms with Crippen molar-refractivity contribution in [2.45, 2.75) is 19.4 Å². The molecule has 4 aromatic rings. The van der Waals surface area contributed by atoms with Gasteiger partial charge < -0.3 is 4.74 Å². The summed E-state index contributed by atoms with van der Waals surface area (Å²) in [5.74, 6) is 0.441. The molecule has 0 fully saturated rings. The number of nitrogens with zero attached hydrogens (tertiary/aromatic N) is 2. The van der Waals surface area contributed by atoms with Crippen LogP contribution in [-0.2, 0) is 19.4 Å². The summed E-state index contributed by atoms with van der Waals surface area (Å²) in [6.07, 6.45) is 3.27. The maximum Gasteiger partial charge on any atom is 0.289 e. The molecule has 0 saturated carbocycles. The molecule has 3 aromatic carbocycles. The number of benzene rings is 3. The molecule has 1 heterocycles. The zero-order valence-electron chi connectivity index (χ0n) is 17.4. The van der Waals surface area contributed by atoms with Crippen LogP contribution in [0.1, 0.15) is 32.7 Å². The number of H-pyrrole nitrogens is 1. The number of hydrazone groups is 1. The summed E-state index contributed by atoms with van der Waals surface area (Å²) in [6.45, 7) is 0.492. The Morgan fingerprint density at radius 2 is 1.88 bits per heavy atom. The second kappa shape index (κ2) is 8.89. The predicted octanol–water partition coefficient (Wildman–Crippen LogP) is 4.52. The minimum absolute atomic E-state index is 0.300. The van der Waals surface area contributed by atoms with Crippen molar-refractivity contribution in [2.24, 2.45) is 5.10 Å². The predicted molar refractivity (Wildman–Crippen MR) is 124 cm³/mol. The summed E-state index contributed by atoms with van der Waals surface area (Å²) in [7, 11) is 0. The van der Waals surface area contributed by atoms with Crippen molar-refractivity contribution in [3.8, 4) is 17.0 Å². The van der Waals surface area contributed by atoms with E-state index in [9.17, 15) is 4.79 Å². The first-order valence-electron chi connectivity index (χ1n) is 10.5. The van der Waals surface area contributed by atoms with Gasteiger partial charge in [-0.1, -0.05) is 66.7 Å². The molecule has 158 valence electrons. The van der Waals surface area contributed by atoms with Crippen molar-refractivity contribution in [3.63, 3.8) is 0 Å². The molecule has 0 atom stereocenters. The average molecular weight is 422 g/mol. The summed E-state index contributed by atoms with van der Waals surface area (Å²) in [4.78, 5) is 12.7. The van der Waals surface area contributed by atoms with Crippen LogP contribution in [0.4, 0.5) is 0 Å². The SMILES string of the molecule is O=C(NN=Cc1cccc(OCc2ccccc2)c1)c1[nH]nc2c1CCc1ccccc1-2. The molecule has 1 aliphatic carbocycles. The largest absolute Gasteiger partial charge is 0.489 e. The topological polar surface area (TPSA) is 79.4 Å². The fourth-order valence-corrected chi connectivity index (χ4v) is 3.90. The molecule has 2 N–H and O–H groups in total. The van der Waals surface area contributed by atoms with Crippen molar-refractivity contribution in [3.05, 3.63) is 107 Å². The zero-order chi connectivity index (χ0) is 21.8. The Labute approximate surface area is 186 Å². The molecular formula is C26H22N4O2. The van der Waals surface area contributed by atoms with E-state index in [2.05, 4.69) is 26.8 Å². The molecular weight excluding hydrogens is 400 g/mol. The van der Waals surface area contributed by atoms with Crippen molar-refractivity contribution in [1.82, 2.24) is 15.6 Å². The maximum absolute atomic E-state index is 12.7. The lowest BCUT2D eigenvalue weighted by atomic mass is 9.89. The van der Waals surface area contributed by atoms with E-state index in [0.717, 1.165) is 46.5 Å². The minimum atomic E-state index is -0.300. The molecule has 1 amide bonds.